The van der Waals surface area contributed by atoms with Gasteiger partial charge in [0, 0.05) is 77.3 Å². The molecule has 0 radical (unpaired) electrons. The number of nitrogens with two attached hydrogens (primary N) is 2. The van der Waals surface area contributed by atoms with Gasteiger partial charge in [-0.2, -0.15) is 0 Å². The lowest BCUT2D eigenvalue weighted by molar-refractivity contribution is -0.145. The van der Waals surface area contributed by atoms with Crippen LogP contribution in [0.5, 0.6) is 0 Å². The van der Waals surface area contributed by atoms with Crippen LogP contribution in [0.25, 0.3) is 11.0 Å². The molecule has 19 heteroatoms. The Hall–Kier alpha value is -6.86. The van der Waals surface area contributed by atoms with Gasteiger partial charge in [-0.15, -0.1) is 0 Å². The fraction of sp³-hybridized carbons (Fsp3) is 0.469. The zero-order valence-electron chi connectivity index (χ0n) is 38.4. The van der Waals surface area contributed by atoms with Gasteiger partial charge in [-0.05, 0) is 74.4 Å². The molecular weight excluding hydrogens is 871 g/mol. The van der Waals surface area contributed by atoms with Crippen molar-refractivity contribution in [3.8, 4) is 0 Å². The summed E-state index contributed by atoms with van der Waals surface area (Å²) in [4.78, 5) is 113. The number of anilines is 1. The van der Waals surface area contributed by atoms with E-state index in [4.69, 9.17) is 11.5 Å². The van der Waals surface area contributed by atoms with Crippen molar-refractivity contribution in [2.45, 2.75) is 94.0 Å². The fourth-order valence-electron chi connectivity index (χ4n) is 10.2. The number of carbonyl (C=O) groups is 7. The summed E-state index contributed by atoms with van der Waals surface area (Å²) < 4.78 is 3.01. The van der Waals surface area contributed by atoms with Crippen molar-refractivity contribution in [2.24, 2.45) is 18.5 Å². The molecule has 0 saturated carbocycles. The van der Waals surface area contributed by atoms with Gasteiger partial charge >= 0.3 is 5.69 Å². The Kier molecular flexibility index (Phi) is 14.7. The quantitative estimate of drug-likeness (QED) is 0.104. The first kappa shape index (κ1) is 47.6. The number of aryl methyl sites for hydroxylation is 1. The van der Waals surface area contributed by atoms with E-state index in [0.717, 1.165) is 43.0 Å². The van der Waals surface area contributed by atoms with Crippen LogP contribution in [-0.4, -0.2) is 135 Å². The highest BCUT2D eigenvalue weighted by Crippen LogP contribution is 2.31. The number of hydrogen-bond acceptors (Lipinski definition) is 11. The first-order valence-electron chi connectivity index (χ1n) is 23.6. The molecule has 0 spiro atoms. The number of piperidine rings is 1. The van der Waals surface area contributed by atoms with E-state index >= 15 is 0 Å². The Balaban J connectivity index is 0.824. The van der Waals surface area contributed by atoms with Gasteiger partial charge in [0.2, 0.25) is 41.4 Å². The van der Waals surface area contributed by atoms with Crippen LogP contribution in [0.4, 0.5) is 5.69 Å². The number of carbonyl (C=O) groups excluding carboxylic acids is 7. The van der Waals surface area contributed by atoms with Crippen molar-refractivity contribution in [1.29, 1.82) is 0 Å². The molecule has 1 aromatic heterocycles. The van der Waals surface area contributed by atoms with Crippen molar-refractivity contribution in [2.75, 3.05) is 50.7 Å². The Morgan fingerprint density at radius 2 is 1.49 bits per heavy atom. The normalized spacial score (nSPS) is 21.8. The number of nitrogens with one attached hydrogen (secondary N) is 3. The number of fused-ring (bicyclic) bond motifs is 2. The summed E-state index contributed by atoms with van der Waals surface area (Å²) >= 11 is 0. The van der Waals surface area contributed by atoms with E-state index in [-0.39, 0.29) is 55.8 Å². The standard InChI is InChI=1S/C49H61N11O8/c1-55-40-29-34(15-17-37(40)60(49(55)68)39-19-21-42(62)53-47(39)66)57-27-25-56(26-28-57)23-8-13-43(63)58-24-22-33-14-18-38(59(33)48(67)35(50)30-58)46(65)52-36(16-20-41(51)61)45(64)54-44(31-9-4-2-5-10-31)32-11-6-3-7-12-32/h2-7,9-12,15,17,29,33,35-36,38-39,44H,8,13-14,16,18-28,30,50H2,1H3,(H2,51,61)(H,52,65)(H,54,64)(H,53,62,66)/t33-,35+,36+,38+,39?/m1/s1. The van der Waals surface area contributed by atoms with Crippen molar-refractivity contribution in [3.05, 3.63) is 100 Å². The van der Waals surface area contributed by atoms with Crippen LogP contribution in [0.2, 0.25) is 0 Å². The number of nitrogens with zero attached hydrogens (tertiary/aromatic N) is 6. The number of aromatic nitrogens is 2. The molecule has 7 N–H and O–H groups in total. The van der Waals surface area contributed by atoms with Crippen molar-refractivity contribution >= 4 is 58.1 Å². The summed E-state index contributed by atoms with van der Waals surface area (Å²) in [5.74, 6) is -2.94. The molecule has 4 aliphatic heterocycles. The summed E-state index contributed by atoms with van der Waals surface area (Å²) in [6.07, 6.45) is 2.53. The molecule has 4 aliphatic rings. The number of amides is 7. The SMILES string of the molecule is Cn1c(=O)n(C2CCC(=O)NC2=O)c2ccc(N3CCN(CCCC(=O)N4CC[C@H]5CC[C@@H](C(=O)N[C@@H](CCC(N)=O)C(=O)NC(c6ccccc6)c6ccccc6)N5C(=O)[C@@H](N)C4)CC3)cc21. The molecule has 19 nitrogen and oxygen atoms in total. The minimum atomic E-state index is -1.11. The van der Waals surface area contributed by atoms with Gasteiger partial charge in [-0.1, -0.05) is 60.7 Å². The predicted molar refractivity (Wildman–Crippen MR) is 253 cm³/mol. The smallest absolute Gasteiger partial charge is 0.329 e. The van der Waals surface area contributed by atoms with E-state index in [9.17, 15) is 38.4 Å². The zero-order valence-corrected chi connectivity index (χ0v) is 38.4. The maximum atomic E-state index is 14.0. The van der Waals surface area contributed by atoms with Crippen molar-refractivity contribution in [1.82, 2.24) is 39.8 Å². The largest absolute Gasteiger partial charge is 0.370 e. The molecule has 4 fully saturated rings. The highest BCUT2D eigenvalue weighted by Gasteiger charge is 2.45. The van der Waals surface area contributed by atoms with E-state index in [0.29, 0.717) is 56.2 Å². The van der Waals surface area contributed by atoms with Crippen LogP contribution in [0.3, 0.4) is 0 Å². The van der Waals surface area contributed by atoms with Crippen LogP contribution >= 0.6 is 0 Å². The topological polar surface area (TPSA) is 248 Å². The number of imide groups is 1. The number of imidazole rings is 1. The first-order valence-corrected chi connectivity index (χ1v) is 23.6. The lowest BCUT2D eigenvalue weighted by atomic mass is 9.98. The summed E-state index contributed by atoms with van der Waals surface area (Å²) in [5, 5.41) is 8.25. The molecule has 8 rings (SSSR count). The molecule has 68 heavy (non-hydrogen) atoms. The van der Waals surface area contributed by atoms with E-state index in [2.05, 4.69) is 25.8 Å². The lowest BCUT2D eigenvalue weighted by Gasteiger charge is -2.38. The van der Waals surface area contributed by atoms with Crippen molar-refractivity contribution in [3.63, 3.8) is 0 Å². The van der Waals surface area contributed by atoms with Gasteiger partial charge in [0.05, 0.1) is 17.1 Å². The van der Waals surface area contributed by atoms with Crippen LogP contribution in [0.1, 0.15) is 81.0 Å². The first-order chi connectivity index (χ1) is 32.8. The van der Waals surface area contributed by atoms with Gasteiger partial charge in [0.15, 0.2) is 0 Å². The monoisotopic (exact) mass is 931 g/mol. The molecular formula is C49H61N11O8. The van der Waals surface area contributed by atoms with E-state index in [1.807, 2.05) is 78.9 Å². The zero-order chi connectivity index (χ0) is 48.1. The number of primary amides is 1. The Labute approximate surface area is 394 Å². The number of hydrogen-bond donors (Lipinski definition) is 5. The van der Waals surface area contributed by atoms with Crippen LogP contribution < -0.4 is 38.0 Å². The average Bonchev–Trinajstić information content (AvgIpc) is 3.87. The molecule has 5 heterocycles. The van der Waals surface area contributed by atoms with Gasteiger partial charge < -0.3 is 36.8 Å². The highest BCUT2D eigenvalue weighted by molar-refractivity contribution is 6.00. The van der Waals surface area contributed by atoms with Gasteiger partial charge in [-0.25, -0.2) is 4.79 Å². The van der Waals surface area contributed by atoms with Gasteiger partial charge in [0.25, 0.3) is 0 Å². The second-order valence-corrected chi connectivity index (χ2v) is 18.3. The minimum absolute atomic E-state index is 0.0186. The minimum Gasteiger partial charge on any atom is -0.370 e. The van der Waals surface area contributed by atoms with E-state index < -0.39 is 59.7 Å². The number of rotatable bonds is 15. The maximum absolute atomic E-state index is 14.0. The third-order valence-corrected chi connectivity index (χ3v) is 13.9. The van der Waals surface area contributed by atoms with Gasteiger partial charge in [0.1, 0.15) is 24.2 Å². The average molecular weight is 932 g/mol. The molecule has 0 aliphatic carbocycles. The molecule has 4 aromatic rings. The second-order valence-electron chi connectivity index (χ2n) is 18.3. The molecule has 4 saturated heterocycles. The van der Waals surface area contributed by atoms with Crippen LogP contribution in [0, 0.1) is 0 Å². The molecule has 0 bridgehead atoms. The lowest BCUT2D eigenvalue weighted by Crippen LogP contribution is -2.60. The third-order valence-electron chi connectivity index (χ3n) is 13.9. The highest BCUT2D eigenvalue weighted by atomic mass is 16.2. The molecule has 7 amide bonds. The maximum Gasteiger partial charge on any atom is 0.329 e. The van der Waals surface area contributed by atoms with Gasteiger partial charge in [-0.3, -0.25) is 52.9 Å². The Morgan fingerprint density at radius 1 is 0.794 bits per heavy atom. The van der Waals surface area contributed by atoms with Crippen LogP contribution in [-0.2, 0) is 40.6 Å². The number of benzene rings is 3. The third kappa shape index (κ3) is 10.5. The van der Waals surface area contributed by atoms with E-state index in [1.54, 1.807) is 11.9 Å². The summed E-state index contributed by atoms with van der Waals surface area (Å²) in [5.41, 5.74) is 15.6. The molecule has 5 atom stereocenters. The summed E-state index contributed by atoms with van der Waals surface area (Å²) in [7, 11) is 1.68. The second kappa shape index (κ2) is 21.0. The Morgan fingerprint density at radius 3 is 2.15 bits per heavy atom. The fourth-order valence-corrected chi connectivity index (χ4v) is 10.2. The molecule has 1 unspecified atom stereocenters. The van der Waals surface area contributed by atoms with E-state index in [1.165, 1.54) is 14.0 Å². The van der Waals surface area contributed by atoms with Crippen LogP contribution in [0.15, 0.2) is 83.7 Å². The molecule has 360 valence electrons. The Bertz CT molecular complexity index is 2550. The molecule has 3 aromatic carbocycles. The van der Waals surface area contributed by atoms with Crippen molar-refractivity contribution < 1.29 is 33.6 Å². The summed E-state index contributed by atoms with van der Waals surface area (Å²) in [6, 6.07) is 20.0. The predicted octanol–water partition coefficient (Wildman–Crippen LogP) is 0.795. The summed E-state index contributed by atoms with van der Waals surface area (Å²) in [6.45, 7) is 4.14. The number of piperazine rings is 1.